The Labute approximate surface area is 208 Å². The summed E-state index contributed by atoms with van der Waals surface area (Å²) in [5.41, 5.74) is 2.96. The van der Waals surface area contributed by atoms with Crippen LogP contribution in [0.15, 0.2) is 55.2 Å². The molecular formula is C23H21FN8OS2. The van der Waals surface area contributed by atoms with Gasteiger partial charge in [0.05, 0.1) is 16.4 Å². The maximum atomic E-state index is 12.8. The highest BCUT2D eigenvalue weighted by Crippen LogP contribution is 2.35. The molecule has 4 aromatic heterocycles. The molecule has 0 radical (unpaired) electrons. The largest absolute Gasteiger partial charge is 0.368 e. The number of thiazole rings is 1. The first-order valence-electron chi connectivity index (χ1n) is 10.7. The highest BCUT2D eigenvalue weighted by molar-refractivity contribution is 7.22. The van der Waals surface area contributed by atoms with Gasteiger partial charge in [-0.3, -0.25) is 10.00 Å². The van der Waals surface area contributed by atoms with Crippen molar-refractivity contribution in [1.82, 2.24) is 24.7 Å². The lowest BCUT2D eigenvalue weighted by molar-refractivity contribution is 0.262. The molecule has 0 spiro atoms. The van der Waals surface area contributed by atoms with Crippen LogP contribution in [-0.4, -0.2) is 37.3 Å². The number of amides is 2. The van der Waals surface area contributed by atoms with Gasteiger partial charge in [-0.1, -0.05) is 12.1 Å². The van der Waals surface area contributed by atoms with Gasteiger partial charge in [0, 0.05) is 53.4 Å². The zero-order valence-corrected chi connectivity index (χ0v) is 20.3. The summed E-state index contributed by atoms with van der Waals surface area (Å²) in [4.78, 5) is 27.4. The summed E-state index contributed by atoms with van der Waals surface area (Å²) in [7, 11) is 1.89. The van der Waals surface area contributed by atoms with Crippen molar-refractivity contribution in [2.75, 3.05) is 22.5 Å². The molecule has 9 nitrogen and oxygen atoms in total. The van der Waals surface area contributed by atoms with Crippen molar-refractivity contribution < 1.29 is 9.18 Å². The molecule has 35 heavy (non-hydrogen) atoms. The van der Waals surface area contributed by atoms with E-state index in [0.717, 1.165) is 31.4 Å². The first-order chi connectivity index (χ1) is 17.1. The van der Waals surface area contributed by atoms with E-state index in [2.05, 4.69) is 36.0 Å². The van der Waals surface area contributed by atoms with Gasteiger partial charge < -0.3 is 10.6 Å². The van der Waals surface area contributed by atoms with E-state index in [1.54, 1.807) is 52.8 Å². The Balaban J connectivity index is 1.17. The van der Waals surface area contributed by atoms with Gasteiger partial charge in [0.25, 0.3) is 0 Å². The number of alkyl halides is 1. The molecule has 12 heteroatoms. The van der Waals surface area contributed by atoms with Crippen LogP contribution < -0.4 is 16.0 Å². The fraction of sp³-hybridized carbons (Fsp3) is 0.174. The van der Waals surface area contributed by atoms with E-state index in [0.29, 0.717) is 29.3 Å². The zero-order valence-electron chi connectivity index (χ0n) is 18.7. The number of aromatic nitrogens is 5. The number of nitrogens with zero attached hydrogens (tertiary/aromatic N) is 5. The second-order valence-electron chi connectivity index (χ2n) is 7.67. The van der Waals surface area contributed by atoms with Crippen molar-refractivity contribution in [3.8, 4) is 10.4 Å². The van der Waals surface area contributed by atoms with Crippen molar-refractivity contribution in [3.05, 3.63) is 65.7 Å². The van der Waals surface area contributed by atoms with E-state index in [1.165, 1.54) is 11.3 Å². The Morgan fingerprint density at radius 3 is 2.86 bits per heavy atom. The topological polar surface area (TPSA) is 110 Å². The second-order valence-corrected chi connectivity index (χ2v) is 9.84. The first-order valence-corrected chi connectivity index (χ1v) is 12.4. The molecule has 4 heterocycles. The third-order valence-corrected chi connectivity index (χ3v) is 7.23. The number of aryl methyl sites for hydroxylation is 1. The van der Waals surface area contributed by atoms with Gasteiger partial charge in [-0.05, 0) is 23.8 Å². The van der Waals surface area contributed by atoms with Gasteiger partial charge in [0.2, 0.25) is 0 Å². The monoisotopic (exact) mass is 508 g/mol. The molecule has 2 amide bonds. The maximum absolute atomic E-state index is 12.8. The Bertz CT molecular complexity index is 1480. The Kier molecular flexibility index (Phi) is 6.64. The van der Waals surface area contributed by atoms with Crippen LogP contribution in [-0.2, 0) is 20.1 Å². The molecule has 5 rings (SSSR count). The van der Waals surface area contributed by atoms with Crippen LogP contribution in [0.4, 0.5) is 25.8 Å². The molecule has 3 N–H and O–H groups in total. The summed E-state index contributed by atoms with van der Waals surface area (Å²) in [6, 6.07) is 8.27. The normalized spacial score (nSPS) is 11.0. The van der Waals surface area contributed by atoms with E-state index in [4.69, 9.17) is 0 Å². The van der Waals surface area contributed by atoms with Crippen LogP contribution in [0.5, 0.6) is 0 Å². The molecule has 0 saturated carbocycles. The lowest BCUT2D eigenvalue weighted by Crippen LogP contribution is -2.19. The fourth-order valence-electron chi connectivity index (χ4n) is 3.45. The molecule has 0 aliphatic rings. The van der Waals surface area contributed by atoms with Crippen LogP contribution in [0.3, 0.4) is 0 Å². The molecule has 0 saturated heterocycles. The highest BCUT2D eigenvalue weighted by atomic mass is 32.1. The standard InChI is InChI=1S/C23H21FN8OS2/c1-32-12-15(10-29-32)19-8-18-20(35-19)21(28-13-27-18)25-6-5-17-11-26-23(34-17)31-22(33)30-16-4-2-3-14(7-16)9-24/h2-4,7-8,10-13H,5-6,9H2,1H3,(H,25,27,28)(H2,26,30,31,33). The van der Waals surface area contributed by atoms with Gasteiger partial charge in [-0.25, -0.2) is 24.1 Å². The predicted octanol–water partition coefficient (Wildman–Crippen LogP) is 5.32. The number of nitrogens with one attached hydrogen (secondary N) is 3. The van der Waals surface area contributed by atoms with E-state index in [-0.39, 0.29) is 0 Å². The summed E-state index contributed by atoms with van der Waals surface area (Å²) >= 11 is 3.02. The van der Waals surface area contributed by atoms with Crippen molar-refractivity contribution in [1.29, 1.82) is 0 Å². The van der Waals surface area contributed by atoms with Crippen LogP contribution in [0.1, 0.15) is 10.4 Å². The summed E-state index contributed by atoms with van der Waals surface area (Å²) in [5, 5.41) is 13.5. The van der Waals surface area contributed by atoms with Crippen molar-refractivity contribution >= 4 is 55.6 Å². The molecule has 178 valence electrons. The summed E-state index contributed by atoms with van der Waals surface area (Å²) in [5.74, 6) is 0.785. The molecule has 0 aliphatic carbocycles. The highest BCUT2D eigenvalue weighted by Gasteiger charge is 2.12. The molecule has 0 fully saturated rings. The number of urea groups is 1. The van der Waals surface area contributed by atoms with E-state index < -0.39 is 12.7 Å². The number of rotatable bonds is 8. The van der Waals surface area contributed by atoms with Gasteiger partial charge >= 0.3 is 6.03 Å². The summed E-state index contributed by atoms with van der Waals surface area (Å²) in [6.07, 6.45) is 7.82. The average molecular weight is 509 g/mol. The van der Waals surface area contributed by atoms with Crippen molar-refractivity contribution in [2.24, 2.45) is 7.05 Å². The summed E-state index contributed by atoms with van der Waals surface area (Å²) < 4.78 is 15.6. The lowest BCUT2D eigenvalue weighted by atomic mass is 10.2. The molecule has 5 aromatic rings. The second kappa shape index (κ2) is 10.2. The van der Waals surface area contributed by atoms with E-state index in [9.17, 15) is 9.18 Å². The number of fused-ring (bicyclic) bond motifs is 1. The number of hydrogen-bond donors (Lipinski definition) is 3. The number of halogens is 1. The lowest BCUT2D eigenvalue weighted by Gasteiger charge is -2.06. The smallest absolute Gasteiger partial charge is 0.325 e. The van der Waals surface area contributed by atoms with Crippen molar-refractivity contribution in [3.63, 3.8) is 0 Å². The number of anilines is 3. The van der Waals surface area contributed by atoms with Crippen LogP contribution >= 0.6 is 22.7 Å². The molecule has 1 aromatic carbocycles. The van der Waals surface area contributed by atoms with Crippen LogP contribution in [0.25, 0.3) is 20.7 Å². The maximum Gasteiger partial charge on any atom is 0.325 e. The minimum atomic E-state index is -0.584. The van der Waals surface area contributed by atoms with Gasteiger partial charge in [-0.2, -0.15) is 5.10 Å². The van der Waals surface area contributed by atoms with Crippen molar-refractivity contribution in [2.45, 2.75) is 13.1 Å². The zero-order chi connectivity index (χ0) is 24.2. The number of carbonyl (C=O) groups is 1. The Morgan fingerprint density at radius 1 is 1.11 bits per heavy atom. The predicted molar refractivity (Wildman–Crippen MR) is 138 cm³/mol. The Hall–Kier alpha value is -3.90. The molecule has 0 bridgehead atoms. The van der Waals surface area contributed by atoms with Gasteiger partial charge in [0.15, 0.2) is 5.13 Å². The first kappa shape index (κ1) is 22.9. The molecule has 0 aliphatic heterocycles. The average Bonchev–Trinajstić information content (AvgIpc) is 3.59. The van der Waals surface area contributed by atoms with Crippen LogP contribution in [0.2, 0.25) is 0 Å². The SMILES string of the molecule is Cn1cc(-c2cc3ncnc(NCCc4cnc(NC(=O)Nc5cccc(CF)c5)s4)c3s2)cn1. The quantitative estimate of drug-likeness (QED) is 0.262. The molecule has 0 atom stereocenters. The molecular weight excluding hydrogens is 487 g/mol. The number of hydrogen-bond acceptors (Lipinski definition) is 8. The minimum Gasteiger partial charge on any atom is -0.368 e. The van der Waals surface area contributed by atoms with Gasteiger partial charge in [0.1, 0.15) is 18.8 Å². The number of thiophene rings is 1. The van der Waals surface area contributed by atoms with Gasteiger partial charge in [-0.15, -0.1) is 22.7 Å². The third kappa shape index (κ3) is 5.44. The van der Waals surface area contributed by atoms with E-state index in [1.807, 2.05) is 25.5 Å². The summed E-state index contributed by atoms with van der Waals surface area (Å²) in [6.45, 7) is 0.0653. The molecule has 0 unspecified atom stereocenters. The number of benzene rings is 1. The van der Waals surface area contributed by atoms with Crippen LogP contribution in [0, 0.1) is 0 Å². The Morgan fingerprint density at radius 2 is 2.03 bits per heavy atom. The fourth-order valence-corrected chi connectivity index (χ4v) is 5.31. The van der Waals surface area contributed by atoms with E-state index >= 15 is 0 Å². The number of carbonyl (C=O) groups excluding carboxylic acids is 1. The third-order valence-electron chi connectivity index (χ3n) is 5.08. The minimum absolute atomic E-state index is 0.425.